The first-order valence-corrected chi connectivity index (χ1v) is 9.31. The Balaban J connectivity index is 2.00. The standard InChI is InChI=1S/C21H27N3O2/c1-2-6-16-9-11-17(12-10-16)19(21(26)23-14-13-22)15-24-20(25)18-7-4-3-5-8-18/h3-8,17,19H,2,9-12,14-15H2,1H3,(H,23,26)(H,24,25). The number of amides is 2. The van der Waals surface area contributed by atoms with Crippen molar-refractivity contribution in [2.75, 3.05) is 13.1 Å². The van der Waals surface area contributed by atoms with Crippen molar-refractivity contribution in [1.29, 1.82) is 5.26 Å². The molecule has 5 nitrogen and oxygen atoms in total. The Bertz CT molecular complexity index is 666. The summed E-state index contributed by atoms with van der Waals surface area (Å²) in [6, 6.07) is 10.9. The Labute approximate surface area is 155 Å². The summed E-state index contributed by atoms with van der Waals surface area (Å²) in [5.41, 5.74) is 2.05. The lowest BCUT2D eigenvalue weighted by Crippen LogP contribution is -2.43. The number of rotatable bonds is 7. The van der Waals surface area contributed by atoms with Crippen LogP contribution < -0.4 is 10.6 Å². The third-order valence-corrected chi connectivity index (χ3v) is 4.93. The Morgan fingerprint density at radius 3 is 2.54 bits per heavy atom. The molecule has 0 aromatic heterocycles. The number of benzene rings is 1. The normalized spacial score (nSPS) is 17.7. The number of allylic oxidation sites excluding steroid dienone is 2. The predicted molar refractivity (Wildman–Crippen MR) is 101 cm³/mol. The van der Waals surface area contributed by atoms with E-state index in [0.717, 1.165) is 32.1 Å². The van der Waals surface area contributed by atoms with Gasteiger partial charge < -0.3 is 10.6 Å². The van der Waals surface area contributed by atoms with Gasteiger partial charge in [-0.15, -0.1) is 0 Å². The van der Waals surface area contributed by atoms with E-state index in [0.29, 0.717) is 12.1 Å². The molecular formula is C21H27N3O2. The van der Waals surface area contributed by atoms with Crippen LogP contribution in [0.1, 0.15) is 49.4 Å². The minimum absolute atomic E-state index is 0.00429. The van der Waals surface area contributed by atoms with E-state index < -0.39 is 0 Å². The highest BCUT2D eigenvalue weighted by molar-refractivity contribution is 5.94. The van der Waals surface area contributed by atoms with E-state index in [1.165, 1.54) is 5.57 Å². The topological polar surface area (TPSA) is 82.0 Å². The molecule has 1 aliphatic carbocycles. The largest absolute Gasteiger partial charge is 0.351 e. The summed E-state index contributed by atoms with van der Waals surface area (Å²) < 4.78 is 0. The van der Waals surface area contributed by atoms with Crippen molar-refractivity contribution in [3.8, 4) is 6.07 Å². The van der Waals surface area contributed by atoms with Gasteiger partial charge in [0.2, 0.25) is 5.91 Å². The number of nitrogens with zero attached hydrogens (tertiary/aromatic N) is 1. The van der Waals surface area contributed by atoms with Crippen molar-refractivity contribution < 1.29 is 9.59 Å². The van der Waals surface area contributed by atoms with Gasteiger partial charge in [-0.05, 0) is 50.2 Å². The Hall–Kier alpha value is -2.61. The number of nitrogens with one attached hydrogen (secondary N) is 2. The fourth-order valence-electron chi connectivity index (χ4n) is 3.53. The maximum Gasteiger partial charge on any atom is 0.251 e. The first-order valence-electron chi connectivity index (χ1n) is 9.31. The van der Waals surface area contributed by atoms with Crippen LogP contribution in [0.4, 0.5) is 0 Å². The second-order valence-corrected chi connectivity index (χ2v) is 6.67. The summed E-state index contributed by atoms with van der Waals surface area (Å²) in [6.45, 7) is 2.43. The molecule has 5 heteroatoms. The van der Waals surface area contributed by atoms with Crippen molar-refractivity contribution in [2.24, 2.45) is 11.8 Å². The monoisotopic (exact) mass is 353 g/mol. The highest BCUT2D eigenvalue weighted by Gasteiger charge is 2.30. The van der Waals surface area contributed by atoms with Crippen LogP contribution >= 0.6 is 0 Å². The average Bonchev–Trinajstić information content (AvgIpc) is 2.68. The third kappa shape index (κ3) is 5.73. The first kappa shape index (κ1) is 19.7. The molecule has 1 unspecified atom stereocenters. The molecule has 0 saturated heterocycles. The number of carbonyl (C=O) groups is 2. The van der Waals surface area contributed by atoms with Gasteiger partial charge in [-0.25, -0.2) is 0 Å². The molecule has 138 valence electrons. The van der Waals surface area contributed by atoms with Gasteiger partial charge in [0.25, 0.3) is 5.91 Å². The van der Waals surface area contributed by atoms with Gasteiger partial charge in [-0.3, -0.25) is 9.59 Å². The van der Waals surface area contributed by atoms with E-state index in [1.54, 1.807) is 12.1 Å². The van der Waals surface area contributed by atoms with Crippen LogP contribution in [-0.4, -0.2) is 24.9 Å². The molecule has 0 aliphatic heterocycles. The second kappa shape index (κ2) is 10.4. The molecule has 2 N–H and O–H groups in total. The highest BCUT2D eigenvalue weighted by Crippen LogP contribution is 2.33. The minimum Gasteiger partial charge on any atom is -0.351 e. The van der Waals surface area contributed by atoms with Crippen LogP contribution in [0, 0.1) is 23.2 Å². The zero-order valence-corrected chi connectivity index (χ0v) is 15.3. The van der Waals surface area contributed by atoms with E-state index in [-0.39, 0.29) is 30.2 Å². The molecule has 0 radical (unpaired) electrons. The number of carbonyl (C=O) groups excluding carboxylic acids is 2. The molecule has 1 aliphatic rings. The fraction of sp³-hybridized carbons (Fsp3) is 0.476. The smallest absolute Gasteiger partial charge is 0.251 e. The predicted octanol–water partition coefficient (Wildman–Crippen LogP) is 3.20. The molecule has 1 fully saturated rings. The van der Waals surface area contributed by atoms with Gasteiger partial charge in [0, 0.05) is 12.1 Å². The molecule has 1 atom stereocenters. The van der Waals surface area contributed by atoms with Gasteiger partial charge in [0.05, 0.1) is 12.0 Å². The van der Waals surface area contributed by atoms with E-state index >= 15 is 0 Å². The summed E-state index contributed by atoms with van der Waals surface area (Å²) in [5.74, 6) is -0.406. The highest BCUT2D eigenvalue weighted by atomic mass is 16.2. The summed E-state index contributed by atoms with van der Waals surface area (Å²) in [4.78, 5) is 24.8. The maximum atomic E-state index is 12.5. The van der Waals surface area contributed by atoms with Crippen LogP contribution in [0.3, 0.4) is 0 Å². The van der Waals surface area contributed by atoms with Gasteiger partial charge >= 0.3 is 0 Å². The molecule has 26 heavy (non-hydrogen) atoms. The third-order valence-electron chi connectivity index (χ3n) is 4.93. The molecule has 1 aromatic rings. The molecule has 1 saturated carbocycles. The fourth-order valence-corrected chi connectivity index (χ4v) is 3.53. The van der Waals surface area contributed by atoms with Crippen molar-refractivity contribution in [3.05, 3.63) is 47.5 Å². The van der Waals surface area contributed by atoms with Gasteiger partial charge in [-0.2, -0.15) is 5.26 Å². The van der Waals surface area contributed by atoms with Crippen LogP contribution in [0.2, 0.25) is 0 Å². The minimum atomic E-state index is -0.306. The van der Waals surface area contributed by atoms with E-state index in [4.69, 9.17) is 5.26 Å². The van der Waals surface area contributed by atoms with Crippen LogP contribution in [-0.2, 0) is 4.79 Å². The average molecular weight is 353 g/mol. The SMILES string of the molecule is CCC=C1CCC(C(CNC(=O)c2ccccc2)C(=O)NCC#N)CC1. The van der Waals surface area contributed by atoms with E-state index in [2.05, 4.69) is 23.6 Å². The number of hydrogen-bond donors (Lipinski definition) is 2. The summed E-state index contributed by atoms with van der Waals surface area (Å²) in [5, 5.41) is 14.3. The quantitative estimate of drug-likeness (QED) is 0.583. The Kier molecular flexibility index (Phi) is 7.88. The first-order chi connectivity index (χ1) is 12.7. The maximum absolute atomic E-state index is 12.5. The van der Waals surface area contributed by atoms with Crippen molar-refractivity contribution in [1.82, 2.24) is 10.6 Å². The molecule has 0 bridgehead atoms. The molecule has 2 amide bonds. The molecular weight excluding hydrogens is 326 g/mol. The molecule has 2 rings (SSSR count). The van der Waals surface area contributed by atoms with Gasteiger partial charge in [0.15, 0.2) is 0 Å². The van der Waals surface area contributed by atoms with Crippen LogP contribution in [0.25, 0.3) is 0 Å². The number of nitriles is 1. The number of hydrogen-bond acceptors (Lipinski definition) is 3. The van der Waals surface area contributed by atoms with Gasteiger partial charge in [-0.1, -0.05) is 36.8 Å². The summed E-state index contributed by atoms with van der Waals surface area (Å²) >= 11 is 0. The zero-order chi connectivity index (χ0) is 18.8. The Morgan fingerprint density at radius 2 is 1.92 bits per heavy atom. The Morgan fingerprint density at radius 1 is 1.23 bits per heavy atom. The summed E-state index contributed by atoms with van der Waals surface area (Å²) in [6.07, 6.45) is 7.22. The van der Waals surface area contributed by atoms with Crippen molar-refractivity contribution in [3.63, 3.8) is 0 Å². The second-order valence-electron chi connectivity index (χ2n) is 6.67. The lowest BCUT2D eigenvalue weighted by atomic mass is 9.77. The van der Waals surface area contributed by atoms with E-state index in [1.807, 2.05) is 24.3 Å². The van der Waals surface area contributed by atoms with Crippen molar-refractivity contribution >= 4 is 11.8 Å². The lowest BCUT2D eigenvalue weighted by molar-refractivity contribution is -0.126. The van der Waals surface area contributed by atoms with Crippen LogP contribution in [0.5, 0.6) is 0 Å². The van der Waals surface area contributed by atoms with E-state index in [9.17, 15) is 9.59 Å². The van der Waals surface area contributed by atoms with Gasteiger partial charge in [0.1, 0.15) is 6.54 Å². The summed E-state index contributed by atoms with van der Waals surface area (Å²) in [7, 11) is 0. The van der Waals surface area contributed by atoms with Crippen molar-refractivity contribution in [2.45, 2.75) is 39.0 Å². The molecule has 0 spiro atoms. The lowest BCUT2D eigenvalue weighted by Gasteiger charge is -2.30. The zero-order valence-electron chi connectivity index (χ0n) is 15.3. The van der Waals surface area contributed by atoms with Crippen LogP contribution in [0.15, 0.2) is 42.0 Å². The molecule has 0 heterocycles. The molecule has 1 aromatic carbocycles.